The van der Waals surface area contributed by atoms with Gasteiger partial charge in [0.25, 0.3) is 11.8 Å². The molecule has 2 amide bonds. The van der Waals surface area contributed by atoms with Crippen molar-refractivity contribution < 1.29 is 52.5 Å². The third-order valence-electron chi connectivity index (χ3n) is 10.8. The number of nitrogens with zero attached hydrogens (tertiary/aromatic N) is 1. The molecule has 0 spiro atoms. The number of imide groups is 1. The highest BCUT2D eigenvalue weighted by molar-refractivity contribution is 6.24. The molecule has 2 aliphatic heterocycles. The number of amides is 2. The first-order chi connectivity index (χ1) is 30.2. The zero-order chi connectivity index (χ0) is 42.7. The molecule has 5 atom stereocenters. The van der Waals surface area contributed by atoms with E-state index in [1.54, 1.807) is 84.9 Å². The number of fused-ring (bicyclic) bond motifs is 3. The Kier molecular flexibility index (Phi) is 10.8. The molecule has 0 aliphatic carbocycles. The number of benzene rings is 7. The van der Waals surface area contributed by atoms with E-state index in [2.05, 4.69) is 0 Å². The van der Waals surface area contributed by atoms with Gasteiger partial charge in [-0.1, -0.05) is 97.1 Å². The second kappa shape index (κ2) is 17.0. The maximum atomic E-state index is 14.8. The summed E-state index contributed by atoms with van der Waals surface area (Å²) in [4.78, 5) is 85.8. The van der Waals surface area contributed by atoms with Crippen LogP contribution in [0.2, 0.25) is 0 Å². The summed E-state index contributed by atoms with van der Waals surface area (Å²) < 4.78 is 30.6. The minimum atomic E-state index is -1.87. The fourth-order valence-electron chi connectivity index (χ4n) is 7.73. The van der Waals surface area contributed by atoms with Crippen molar-refractivity contribution in [2.45, 2.75) is 30.6 Å². The van der Waals surface area contributed by atoms with Gasteiger partial charge >= 0.3 is 23.9 Å². The fraction of sp³-hybridized carbons (Fsp3) is 0.120. The van der Waals surface area contributed by atoms with Gasteiger partial charge in [0.2, 0.25) is 6.29 Å². The van der Waals surface area contributed by atoms with Crippen LogP contribution < -0.4 is 0 Å². The Balaban J connectivity index is 1.18. The van der Waals surface area contributed by atoms with Crippen LogP contribution in [0.25, 0.3) is 21.5 Å². The van der Waals surface area contributed by atoms with Crippen molar-refractivity contribution >= 4 is 57.2 Å². The van der Waals surface area contributed by atoms with Gasteiger partial charge < -0.3 is 23.7 Å². The third kappa shape index (κ3) is 7.78. The highest BCUT2D eigenvalue weighted by atomic mass is 16.7. The molecule has 12 heteroatoms. The van der Waals surface area contributed by atoms with E-state index in [1.165, 1.54) is 48.5 Å². The summed E-state index contributed by atoms with van der Waals surface area (Å²) in [6, 6.07) is 44.8. The highest BCUT2D eigenvalue weighted by Crippen LogP contribution is 2.38. The smallest absolute Gasteiger partial charge is 0.340 e. The molecule has 2 aliphatic rings. The molecule has 0 saturated carbocycles. The van der Waals surface area contributed by atoms with Crippen LogP contribution in [0, 0.1) is 0 Å². The molecule has 2 heterocycles. The van der Waals surface area contributed by atoms with Crippen LogP contribution in [0.5, 0.6) is 0 Å². The number of carbonyl (C=O) groups is 6. The molecule has 0 aromatic heterocycles. The number of carbonyl (C=O) groups excluding carboxylic acids is 6. The summed E-state index contributed by atoms with van der Waals surface area (Å²) in [6.45, 7) is -0.618. The quantitative estimate of drug-likeness (QED) is 0.0574. The van der Waals surface area contributed by atoms with E-state index in [4.69, 9.17) is 23.7 Å². The van der Waals surface area contributed by atoms with Gasteiger partial charge in [-0.2, -0.15) is 0 Å². The molecule has 1 fully saturated rings. The summed E-state index contributed by atoms with van der Waals surface area (Å²) in [5, 5.41) is 3.19. The predicted octanol–water partition coefficient (Wildman–Crippen LogP) is 7.85. The fourth-order valence-corrected chi connectivity index (χ4v) is 7.73. The summed E-state index contributed by atoms with van der Waals surface area (Å²) in [7, 11) is 0. The Labute approximate surface area is 354 Å². The van der Waals surface area contributed by atoms with E-state index < -0.39 is 72.9 Å². The Morgan fingerprint density at radius 3 is 1.29 bits per heavy atom. The molecule has 0 unspecified atom stereocenters. The Morgan fingerprint density at radius 2 is 0.839 bits per heavy atom. The van der Waals surface area contributed by atoms with Crippen molar-refractivity contribution in [3.05, 3.63) is 203 Å². The topological polar surface area (TPSA) is 152 Å². The monoisotopic (exact) mass is 825 g/mol. The van der Waals surface area contributed by atoms with Crippen LogP contribution in [0.3, 0.4) is 0 Å². The average Bonchev–Trinajstić information content (AvgIpc) is 3.55. The SMILES string of the molecule is O=C(OC[C@H]1O[C@@H](OC(=O)c2ccccc2)[C@H](N2C(=O)c3cc4cc5ccccc5cc4cc3C2=O)[C@@H](OC(=O)c2ccccc2)[C@@H]1OC(=O)c1ccccc1)c1ccccc1. The first-order valence-electron chi connectivity index (χ1n) is 19.7. The van der Waals surface area contributed by atoms with Gasteiger partial charge in [0, 0.05) is 0 Å². The standard InChI is InChI=1S/C50H35NO11/c52-44-38-27-36-25-34-23-13-14-24-35(34)26-37(36)28-39(38)45(53)51(44)41-43(61-48(56)32-19-9-3-10-20-32)42(60-47(55)31-17-7-2-8-18-31)40(29-58-46(54)30-15-5-1-6-16-30)59-50(41)62-49(57)33-21-11-4-12-22-33/h1-28,40-43,50H,29H2/t40-,41-,42-,43-,50+/m1/s1. The van der Waals surface area contributed by atoms with Crippen molar-refractivity contribution in [2.24, 2.45) is 0 Å². The van der Waals surface area contributed by atoms with Crippen LogP contribution in [0.1, 0.15) is 62.1 Å². The van der Waals surface area contributed by atoms with E-state index in [9.17, 15) is 28.8 Å². The van der Waals surface area contributed by atoms with Gasteiger partial charge in [-0.25, -0.2) is 19.2 Å². The largest absolute Gasteiger partial charge is 0.459 e. The van der Waals surface area contributed by atoms with Gasteiger partial charge in [-0.05, 0) is 94.3 Å². The van der Waals surface area contributed by atoms with Gasteiger partial charge in [-0.3, -0.25) is 14.5 Å². The van der Waals surface area contributed by atoms with E-state index >= 15 is 0 Å². The van der Waals surface area contributed by atoms with Gasteiger partial charge in [0.15, 0.2) is 12.2 Å². The summed E-state index contributed by atoms with van der Waals surface area (Å²) >= 11 is 0. The summed E-state index contributed by atoms with van der Waals surface area (Å²) in [5.74, 6) is -5.11. The van der Waals surface area contributed by atoms with E-state index in [0.717, 1.165) is 15.7 Å². The molecule has 7 aromatic rings. The average molecular weight is 826 g/mol. The van der Waals surface area contributed by atoms with Gasteiger partial charge in [0.05, 0.1) is 33.4 Å². The van der Waals surface area contributed by atoms with E-state index in [0.29, 0.717) is 10.8 Å². The molecule has 0 bridgehead atoms. The molecule has 7 aromatic carbocycles. The van der Waals surface area contributed by atoms with Crippen LogP contribution in [-0.4, -0.2) is 77.8 Å². The lowest BCUT2D eigenvalue weighted by Gasteiger charge is -2.46. The molecular formula is C50H35NO11. The molecule has 62 heavy (non-hydrogen) atoms. The molecule has 12 nitrogen and oxygen atoms in total. The van der Waals surface area contributed by atoms with Crippen LogP contribution in [-0.2, 0) is 23.7 Å². The second-order valence-electron chi connectivity index (χ2n) is 14.7. The molecule has 1 saturated heterocycles. The highest BCUT2D eigenvalue weighted by Gasteiger charge is 2.58. The third-order valence-corrected chi connectivity index (χ3v) is 10.8. The molecule has 0 N–H and O–H groups in total. The predicted molar refractivity (Wildman–Crippen MR) is 224 cm³/mol. The maximum absolute atomic E-state index is 14.8. The Morgan fingerprint density at radius 1 is 0.452 bits per heavy atom. The Hall–Kier alpha value is -7.96. The first-order valence-corrected chi connectivity index (χ1v) is 19.7. The van der Waals surface area contributed by atoms with Crippen LogP contribution >= 0.6 is 0 Å². The lowest BCUT2D eigenvalue weighted by Crippen LogP contribution is -2.68. The van der Waals surface area contributed by atoms with Crippen LogP contribution in [0.4, 0.5) is 0 Å². The second-order valence-corrected chi connectivity index (χ2v) is 14.7. The molecule has 306 valence electrons. The van der Waals surface area contributed by atoms with Crippen molar-refractivity contribution in [3.8, 4) is 0 Å². The first kappa shape index (κ1) is 39.5. The number of hydrogen-bond acceptors (Lipinski definition) is 11. The number of ether oxygens (including phenoxy) is 5. The molecule has 9 rings (SSSR count). The lowest BCUT2D eigenvalue weighted by atomic mass is 9.94. The van der Waals surface area contributed by atoms with Crippen molar-refractivity contribution in [1.82, 2.24) is 4.90 Å². The summed E-state index contributed by atoms with van der Waals surface area (Å²) in [5.41, 5.74) is 0.556. The minimum Gasteiger partial charge on any atom is -0.459 e. The summed E-state index contributed by atoms with van der Waals surface area (Å²) in [6.07, 6.45) is -6.83. The zero-order valence-electron chi connectivity index (χ0n) is 32.7. The van der Waals surface area contributed by atoms with E-state index in [-0.39, 0.29) is 33.4 Å². The van der Waals surface area contributed by atoms with Gasteiger partial charge in [-0.15, -0.1) is 0 Å². The number of hydrogen-bond donors (Lipinski definition) is 0. The molecular weight excluding hydrogens is 791 g/mol. The minimum absolute atomic E-state index is 0.0378. The maximum Gasteiger partial charge on any atom is 0.340 e. The van der Waals surface area contributed by atoms with E-state index in [1.807, 2.05) is 36.4 Å². The van der Waals surface area contributed by atoms with Crippen molar-refractivity contribution in [3.63, 3.8) is 0 Å². The number of rotatable bonds is 10. The zero-order valence-corrected chi connectivity index (χ0v) is 32.7. The number of esters is 4. The van der Waals surface area contributed by atoms with Crippen molar-refractivity contribution in [1.29, 1.82) is 0 Å². The van der Waals surface area contributed by atoms with Crippen molar-refractivity contribution in [2.75, 3.05) is 6.61 Å². The normalized spacial score (nSPS) is 19.4. The lowest BCUT2D eigenvalue weighted by molar-refractivity contribution is -0.261. The Bertz CT molecular complexity index is 2780. The van der Waals surface area contributed by atoms with Gasteiger partial charge in [0.1, 0.15) is 18.8 Å². The molecule has 0 radical (unpaired) electrons. The van der Waals surface area contributed by atoms with Crippen LogP contribution in [0.15, 0.2) is 170 Å².